The fourth-order valence-corrected chi connectivity index (χ4v) is 4.14. The number of nitrogens with zero attached hydrogens (tertiary/aromatic N) is 1. The summed E-state index contributed by atoms with van der Waals surface area (Å²) in [5.41, 5.74) is 1.59. The molecular formula is C21H18N2O5S. The van der Waals surface area contributed by atoms with Crippen molar-refractivity contribution in [3.63, 3.8) is 0 Å². The van der Waals surface area contributed by atoms with Crippen LogP contribution in [-0.2, 0) is 15.6 Å². The van der Waals surface area contributed by atoms with Crippen molar-refractivity contribution in [2.24, 2.45) is 0 Å². The minimum absolute atomic E-state index is 0.0794. The number of amides is 1. The Labute approximate surface area is 168 Å². The molecule has 0 aromatic heterocycles. The number of nitro groups is 1. The van der Waals surface area contributed by atoms with Crippen LogP contribution in [0.1, 0.15) is 21.5 Å². The molecule has 0 saturated heterocycles. The molecule has 0 aliphatic rings. The first-order valence-corrected chi connectivity index (χ1v) is 10.3. The zero-order chi connectivity index (χ0) is 21.0. The summed E-state index contributed by atoms with van der Waals surface area (Å²) < 4.78 is 24.9. The average Bonchev–Trinajstić information content (AvgIpc) is 2.70. The van der Waals surface area contributed by atoms with Gasteiger partial charge in [-0.3, -0.25) is 14.9 Å². The lowest BCUT2D eigenvalue weighted by Gasteiger charge is -2.08. The molecule has 0 unspecified atom stereocenters. The SMILES string of the molecule is Cc1ccc(NC(=O)c2ccc(CS(=O)(=O)c3ccccc3)cc2)cc1[N+](=O)[O-]. The predicted octanol–water partition coefficient (Wildman–Crippen LogP) is 4.13. The van der Waals surface area contributed by atoms with Crippen molar-refractivity contribution in [1.29, 1.82) is 0 Å². The summed E-state index contributed by atoms with van der Waals surface area (Å²) in [6.07, 6.45) is 0. The van der Waals surface area contributed by atoms with Crippen molar-refractivity contribution in [3.05, 3.63) is 99.6 Å². The third kappa shape index (κ3) is 4.85. The molecule has 7 nitrogen and oxygen atoms in total. The maximum atomic E-state index is 12.4. The number of nitro benzene ring substituents is 1. The summed E-state index contributed by atoms with van der Waals surface area (Å²) >= 11 is 0. The Kier molecular flexibility index (Phi) is 5.74. The van der Waals surface area contributed by atoms with Crippen LogP contribution in [0, 0.1) is 17.0 Å². The lowest BCUT2D eigenvalue weighted by atomic mass is 10.1. The molecule has 148 valence electrons. The number of anilines is 1. The van der Waals surface area contributed by atoms with Gasteiger partial charge in [0.1, 0.15) is 0 Å². The van der Waals surface area contributed by atoms with Crippen molar-refractivity contribution < 1.29 is 18.1 Å². The summed E-state index contributed by atoms with van der Waals surface area (Å²) in [6, 6.07) is 18.8. The van der Waals surface area contributed by atoms with Crippen LogP contribution in [0.4, 0.5) is 11.4 Å². The summed E-state index contributed by atoms with van der Waals surface area (Å²) in [7, 11) is -3.48. The highest BCUT2D eigenvalue weighted by Gasteiger charge is 2.16. The van der Waals surface area contributed by atoms with Gasteiger partial charge in [-0.15, -0.1) is 0 Å². The molecule has 0 bridgehead atoms. The molecule has 0 aliphatic carbocycles. The third-order valence-electron chi connectivity index (χ3n) is 4.34. The number of sulfone groups is 1. The Balaban J connectivity index is 1.72. The summed E-state index contributed by atoms with van der Waals surface area (Å²) in [5, 5.41) is 13.6. The molecule has 29 heavy (non-hydrogen) atoms. The molecule has 0 atom stereocenters. The number of aryl methyl sites for hydroxylation is 1. The first-order chi connectivity index (χ1) is 13.8. The van der Waals surface area contributed by atoms with Gasteiger partial charge in [0.25, 0.3) is 11.6 Å². The highest BCUT2D eigenvalue weighted by molar-refractivity contribution is 7.90. The first-order valence-electron chi connectivity index (χ1n) is 8.69. The van der Waals surface area contributed by atoms with Gasteiger partial charge in [-0.05, 0) is 42.8 Å². The Morgan fingerprint density at radius 3 is 2.28 bits per heavy atom. The van der Waals surface area contributed by atoms with Gasteiger partial charge in [0.15, 0.2) is 9.84 Å². The summed E-state index contributed by atoms with van der Waals surface area (Å²) in [4.78, 5) is 23.2. The van der Waals surface area contributed by atoms with Gasteiger partial charge in [0, 0.05) is 22.9 Å². The number of carbonyl (C=O) groups excluding carboxylic acids is 1. The quantitative estimate of drug-likeness (QED) is 0.486. The third-order valence-corrected chi connectivity index (χ3v) is 6.04. The second-order valence-corrected chi connectivity index (χ2v) is 8.47. The Morgan fingerprint density at radius 1 is 1.00 bits per heavy atom. The summed E-state index contributed by atoms with van der Waals surface area (Å²) in [5.74, 6) is -0.621. The minimum Gasteiger partial charge on any atom is -0.322 e. The largest absolute Gasteiger partial charge is 0.322 e. The van der Waals surface area contributed by atoms with Crippen LogP contribution in [0.15, 0.2) is 77.7 Å². The van der Waals surface area contributed by atoms with Gasteiger partial charge in [-0.1, -0.05) is 36.4 Å². The van der Waals surface area contributed by atoms with Gasteiger partial charge in [-0.25, -0.2) is 8.42 Å². The lowest BCUT2D eigenvalue weighted by Crippen LogP contribution is -2.12. The van der Waals surface area contributed by atoms with E-state index in [9.17, 15) is 23.3 Å². The maximum Gasteiger partial charge on any atom is 0.274 e. The molecule has 0 fully saturated rings. The predicted molar refractivity (Wildman–Crippen MR) is 110 cm³/mol. The Morgan fingerprint density at radius 2 is 1.66 bits per heavy atom. The zero-order valence-corrected chi connectivity index (χ0v) is 16.3. The van der Waals surface area contributed by atoms with E-state index < -0.39 is 20.7 Å². The second-order valence-electron chi connectivity index (χ2n) is 6.48. The molecular weight excluding hydrogens is 392 g/mol. The molecule has 8 heteroatoms. The number of carbonyl (C=O) groups is 1. The topological polar surface area (TPSA) is 106 Å². The van der Waals surface area contributed by atoms with E-state index >= 15 is 0 Å². The van der Waals surface area contributed by atoms with Gasteiger partial charge < -0.3 is 5.32 Å². The molecule has 0 radical (unpaired) electrons. The summed E-state index contributed by atoms with van der Waals surface area (Å²) in [6.45, 7) is 1.62. The standard InChI is InChI=1S/C21H18N2O5S/c1-15-7-12-18(13-20(15)23(25)26)22-21(24)17-10-8-16(9-11-17)14-29(27,28)19-5-3-2-4-6-19/h2-13H,14H2,1H3,(H,22,24). The molecule has 0 saturated carbocycles. The van der Waals surface area contributed by atoms with Crippen LogP contribution in [0.3, 0.4) is 0 Å². The van der Waals surface area contributed by atoms with E-state index in [1.165, 1.54) is 30.3 Å². The number of rotatable bonds is 6. The molecule has 3 aromatic rings. The zero-order valence-electron chi connectivity index (χ0n) is 15.5. The van der Waals surface area contributed by atoms with E-state index in [0.29, 0.717) is 22.4 Å². The number of hydrogen-bond acceptors (Lipinski definition) is 5. The van der Waals surface area contributed by atoms with Crippen LogP contribution in [0.2, 0.25) is 0 Å². The van der Waals surface area contributed by atoms with E-state index in [1.54, 1.807) is 49.4 Å². The normalized spacial score (nSPS) is 11.1. The fourth-order valence-electron chi connectivity index (χ4n) is 2.77. The second kappa shape index (κ2) is 8.24. The molecule has 0 heterocycles. The molecule has 1 amide bonds. The molecule has 1 N–H and O–H groups in total. The Bertz CT molecular complexity index is 1160. The van der Waals surface area contributed by atoms with Gasteiger partial charge in [0.2, 0.25) is 0 Å². The van der Waals surface area contributed by atoms with Crippen molar-refractivity contribution >= 4 is 27.1 Å². The van der Waals surface area contributed by atoms with Crippen molar-refractivity contribution in [2.45, 2.75) is 17.6 Å². The van der Waals surface area contributed by atoms with Crippen LogP contribution in [-0.4, -0.2) is 19.2 Å². The van der Waals surface area contributed by atoms with E-state index in [-0.39, 0.29) is 16.3 Å². The van der Waals surface area contributed by atoms with Crippen LogP contribution < -0.4 is 5.32 Å². The smallest absolute Gasteiger partial charge is 0.274 e. The van der Waals surface area contributed by atoms with Crippen LogP contribution in [0.5, 0.6) is 0 Å². The minimum atomic E-state index is -3.48. The lowest BCUT2D eigenvalue weighted by molar-refractivity contribution is -0.385. The van der Waals surface area contributed by atoms with Crippen molar-refractivity contribution in [2.75, 3.05) is 5.32 Å². The fraction of sp³-hybridized carbons (Fsp3) is 0.0952. The molecule has 0 aliphatic heterocycles. The average molecular weight is 410 g/mol. The number of hydrogen-bond donors (Lipinski definition) is 1. The van der Waals surface area contributed by atoms with Crippen LogP contribution >= 0.6 is 0 Å². The van der Waals surface area contributed by atoms with Gasteiger partial charge >= 0.3 is 0 Å². The first kappa shape index (κ1) is 20.2. The van der Waals surface area contributed by atoms with E-state index in [4.69, 9.17) is 0 Å². The maximum absolute atomic E-state index is 12.4. The molecule has 3 aromatic carbocycles. The number of benzene rings is 3. The van der Waals surface area contributed by atoms with E-state index in [2.05, 4.69) is 5.32 Å². The Hall–Kier alpha value is -3.52. The van der Waals surface area contributed by atoms with Gasteiger partial charge in [0.05, 0.1) is 15.6 Å². The highest BCUT2D eigenvalue weighted by Crippen LogP contribution is 2.23. The molecule has 0 spiro atoms. The van der Waals surface area contributed by atoms with Crippen LogP contribution in [0.25, 0.3) is 0 Å². The number of nitrogens with one attached hydrogen (secondary N) is 1. The van der Waals surface area contributed by atoms with E-state index in [0.717, 1.165) is 0 Å². The highest BCUT2D eigenvalue weighted by atomic mass is 32.2. The van der Waals surface area contributed by atoms with Gasteiger partial charge in [-0.2, -0.15) is 0 Å². The van der Waals surface area contributed by atoms with Crippen molar-refractivity contribution in [1.82, 2.24) is 0 Å². The van der Waals surface area contributed by atoms with E-state index in [1.807, 2.05) is 0 Å². The monoisotopic (exact) mass is 410 g/mol. The molecule has 3 rings (SSSR count). The van der Waals surface area contributed by atoms with Crippen molar-refractivity contribution in [3.8, 4) is 0 Å².